The predicted octanol–water partition coefficient (Wildman–Crippen LogP) is 2.60. The smallest absolute Gasteiger partial charge is 0.264 e. The van der Waals surface area contributed by atoms with Gasteiger partial charge in [0.2, 0.25) is 5.95 Å². The number of carbonyl (C=O) groups excluding carboxylic acids is 1. The van der Waals surface area contributed by atoms with E-state index in [2.05, 4.69) is 4.90 Å². The highest BCUT2D eigenvalue weighted by Gasteiger charge is 2.26. The molecule has 1 fully saturated rings. The van der Waals surface area contributed by atoms with Crippen LogP contribution in [0, 0.1) is 0 Å². The lowest BCUT2D eigenvalue weighted by molar-refractivity contribution is 0.0751. The van der Waals surface area contributed by atoms with Gasteiger partial charge in [0, 0.05) is 38.8 Å². The molecule has 0 atom stereocenters. The van der Waals surface area contributed by atoms with Crippen molar-refractivity contribution in [2.45, 2.75) is 19.9 Å². The Kier molecular flexibility index (Phi) is 5.27. The highest BCUT2D eigenvalue weighted by Crippen LogP contribution is 2.33. The number of amides is 1. The number of nitrogens with zero attached hydrogens (tertiary/aromatic N) is 4. The van der Waals surface area contributed by atoms with Crippen LogP contribution < -0.4 is 19.9 Å². The summed E-state index contributed by atoms with van der Waals surface area (Å²) in [7, 11) is 0. The van der Waals surface area contributed by atoms with E-state index in [1.807, 2.05) is 29.3 Å². The summed E-state index contributed by atoms with van der Waals surface area (Å²) in [6, 6.07) is 7.29. The number of thiophene rings is 1. The zero-order valence-corrected chi connectivity index (χ0v) is 18.2. The minimum absolute atomic E-state index is 0.0656. The fourth-order valence-corrected chi connectivity index (χ4v) is 4.77. The quantitative estimate of drug-likeness (QED) is 0.621. The molecule has 31 heavy (non-hydrogen) atoms. The highest BCUT2D eigenvalue weighted by molar-refractivity contribution is 7.12. The van der Waals surface area contributed by atoms with E-state index in [1.54, 1.807) is 16.7 Å². The van der Waals surface area contributed by atoms with E-state index in [0.717, 1.165) is 11.3 Å². The second kappa shape index (κ2) is 8.22. The first-order chi connectivity index (χ1) is 15.2. The van der Waals surface area contributed by atoms with Gasteiger partial charge in [0.1, 0.15) is 13.2 Å². The maximum atomic E-state index is 13.3. The van der Waals surface area contributed by atoms with Gasteiger partial charge in [0.05, 0.1) is 15.8 Å². The number of anilines is 1. The minimum Gasteiger partial charge on any atom is -0.486 e. The molecule has 1 saturated heterocycles. The lowest BCUT2D eigenvalue weighted by atomic mass is 10.2. The van der Waals surface area contributed by atoms with Gasteiger partial charge in [-0.05, 0) is 23.9 Å². The Balaban J connectivity index is 1.47. The molecule has 3 aromatic rings. The van der Waals surface area contributed by atoms with Crippen molar-refractivity contribution in [1.29, 1.82) is 0 Å². The largest absolute Gasteiger partial charge is 0.486 e. The van der Waals surface area contributed by atoms with Crippen molar-refractivity contribution in [3.05, 3.63) is 44.9 Å². The first-order valence-electron chi connectivity index (χ1n) is 10.6. The zero-order valence-electron chi connectivity index (χ0n) is 17.4. The molecule has 9 heteroatoms. The van der Waals surface area contributed by atoms with Crippen molar-refractivity contribution in [1.82, 2.24) is 14.5 Å². The first-order valence-corrected chi connectivity index (χ1v) is 11.5. The molecule has 2 aliphatic heterocycles. The average Bonchev–Trinajstić information content (AvgIpc) is 3.34. The van der Waals surface area contributed by atoms with Crippen molar-refractivity contribution in [2.75, 3.05) is 44.3 Å². The van der Waals surface area contributed by atoms with Crippen molar-refractivity contribution in [3.63, 3.8) is 0 Å². The number of carbonyl (C=O) groups is 1. The third-order valence-corrected chi connectivity index (χ3v) is 6.48. The zero-order chi connectivity index (χ0) is 21.4. The number of ether oxygens (including phenoxy) is 2. The van der Waals surface area contributed by atoms with Crippen LogP contribution in [0.2, 0.25) is 0 Å². The Bertz CT molecular complexity index is 1170. The highest BCUT2D eigenvalue weighted by atomic mass is 32.1. The van der Waals surface area contributed by atoms with Crippen molar-refractivity contribution in [2.24, 2.45) is 0 Å². The van der Waals surface area contributed by atoms with Crippen molar-refractivity contribution >= 4 is 34.1 Å². The molecule has 162 valence electrons. The Morgan fingerprint density at radius 2 is 1.87 bits per heavy atom. The average molecular weight is 441 g/mol. The Hall–Kier alpha value is -3.07. The summed E-state index contributed by atoms with van der Waals surface area (Å²) in [6.07, 6.45) is 0.821. The second-order valence-electron chi connectivity index (χ2n) is 7.64. The van der Waals surface area contributed by atoms with Gasteiger partial charge in [-0.15, -0.1) is 11.3 Å². The third-order valence-electron chi connectivity index (χ3n) is 5.63. The molecule has 0 spiro atoms. The predicted molar refractivity (Wildman–Crippen MR) is 120 cm³/mol. The van der Waals surface area contributed by atoms with Crippen molar-refractivity contribution in [3.8, 4) is 11.5 Å². The number of hydrogen-bond donors (Lipinski definition) is 0. The summed E-state index contributed by atoms with van der Waals surface area (Å²) in [5, 5.41) is 2.45. The molecule has 0 unspecified atom stereocenters. The molecule has 1 amide bonds. The molecule has 0 N–H and O–H groups in total. The number of fused-ring (bicyclic) bond motifs is 2. The van der Waals surface area contributed by atoms with Crippen LogP contribution in [0.1, 0.15) is 23.0 Å². The monoisotopic (exact) mass is 440 g/mol. The number of hydrogen-bond acceptors (Lipinski definition) is 7. The molecule has 8 nitrogen and oxygen atoms in total. The van der Waals surface area contributed by atoms with Gasteiger partial charge in [0.15, 0.2) is 11.5 Å². The summed E-state index contributed by atoms with van der Waals surface area (Å²) in [6.45, 7) is 6.03. The SMILES string of the molecule is CCCn1c(N2CCN(C(=O)c3cccs3)CC2)nc2cc3c(cc2c1=O)OCCO3. The van der Waals surface area contributed by atoms with Crippen LogP contribution in [0.4, 0.5) is 5.95 Å². The summed E-state index contributed by atoms with van der Waals surface area (Å²) in [5.41, 5.74) is 0.532. The number of benzene rings is 1. The van der Waals surface area contributed by atoms with Gasteiger partial charge in [-0.25, -0.2) is 4.98 Å². The molecule has 0 saturated carbocycles. The molecule has 0 bridgehead atoms. The number of piperazine rings is 1. The Morgan fingerprint density at radius 1 is 1.13 bits per heavy atom. The lowest BCUT2D eigenvalue weighted by Crippen LogP contribution is -2.50. The van der Waals surface area contributed by atoms with E-state index >= 15 is 0 Å². The normalized spacial score (nSPS) is 16.0. The third kappa shape index (κ3) is 3.63. The van der Waals surface area contributed by atoms with Gasteiger partial charge in [-0.3, -0.25) is 14.2 Å². The standard InChI is InChI=1S/C22H24N4O4S/c1-2-5-26-20(27)15-13-17-18(30-11-10-29-17)14-16(15)23-22(26)25-8-6-24(7-9-25)21(28)19-4-3-12-31-19/h3-4,12-14H,2,5-11H2,1H3. The van der Waals surface area contributed by atoms with Gasteiger partial charge < -0.3 is 19.3 Å². The molecule has 2 aliphatic rings. The van der Waals surface area contributed by atoms with Crippen LogP contribution in [0.5, 0.6) is 11.5 Å². The van der Waals surface area contributed by atoms with E-state index < -0.39 is 0 Å². The summed E-state index contributed by atoms with van der Waals surface area (Å²) in [5.74, 6) is 1.93. The first kappa shape index (κ1) is 19.9. The summed E-state index contributed by atoms with van der Waals surface area (Å²) in [4.78, 5) is 35.6. The molecule has 5 rings (SSSR count). The molecule has 0 aliphatic carbocycles. The summed E-state index contributed by atoms with van der Waals surface area (Å²) >= 11 is 1.46. The van der Waals surface area contributed by atoms with Gasteiger partial charge >= 0.3 is 0 Å². The maximum Gasteiger partial charge on any atom is 0.264 e. The molecular formula is C22H24N4O4S. The van der Waals surface area contributed by atoms with Crippen LogP contribution >= 0.6 is 11.3 Å². The minimum atomic E-state index is -0.0732. The number of aromatic nitrogens is 2. The van der Waals surface area contributed by atoms with E-state index in [-0.39, 0.29) is 11.5 Å². The van der Waals surface area contributed by atoms with Gasteiger partial charge in [0.25, 0.3) is 11.5 Å². The topological polar surface area (TPSA) is 76.9 Å². The molecule has 1 aromatic carbocycles. The van der Waals surface area contributed by atoms with Gasteiger partial charge in [-0.1, -0.05) is 13.0 Å². The summed E-state index contributed by atoms with van der Waals surface area (Å²) < 4.78 is 13.1. The fraction of sp³-hybridized carbons (Fsp3) is 0.409. The Labute approximate surface area is 183 Å². The van der Waals surface area contributed by atoms with E-state index in [9.17, 15) is 9.59 Å². The van der Waals surface area contributed by atoms with Crippen LogP contribution in [0.3, 0.4) is 0 Å². The van der Waals surface area contributed by atoms with E-state index in [4.69, 9.17) is 14.5 Å². The fourth-order valence-electron chi connectivity index (χ4n) is 4.08. The van der Waals surface area contributed by atoms with E-state index in [1.165, 1.54) is 11.3 Å². The van der Waals surface area contributed by atoms with E-state index in [0.29, 0.717) is 74.3 Å². The van der Waals surface area contributed by atoms with Crippen LogP contribution in [-0.4, -0.2) is 59.8 Å². The second-order valence-corrected chi connectivity index (χ2v) is 8.59. The molecular weight excluding hydrogens is 416 g/mol. The van der Waals surface area contributed by atoms with Crippen LogP contribution in [0.15, 0.2) is 34.4 Å². The Morgan fingerprint density at radius 3 is 2.55 bits per heavy atom. The van der Waals surface area contributed by atoms with Crippen LogP contribution in [-0.2, 0) is 6.54 Å². The molecule has 4 heterocycles. The maximum absolute atomic E-state index is 13.3. The molecule has 0 radical (unpaired) electrons. The van der Waals surface area contributed by atoms with Gasteiger partial charge in [-0.2, -0.15) is 0 Å². The lowest BCUT2D eigenvalue weighted by Gasteiger charge is -2.36. The van der Waals surface area contributed by atoms with Crippen molar-refractivity contribution < 1.29 is 14.3 Å². The number of rotatable bonds is 4. The van der Waals surface area contributed by atoms with Crippen LogP contribution in [0.25, 0.3) is 10.9 Å². The molecule has 2 aromatic heterocycles.